The Hall–Kier alpha value is -1.99. The Morgan fingerprint density at radius 2 is 1.21 bits per heavy atom. The Morgan fingerprint density at radius 1 is 0.862 bits per heavy atom. The first-order valence-electron chi connectivity index (χ1n) is 9.50. The number of hydrogen-bond donors (Lipinski definition) is 1. The van der Waals surface area contributed by atoms with Crippen LogP contribution in [0.15, 0.2) is 48.5 Å². The van der Waals surface area contributed by atoms with Gasteiger partial charge in [0.25, 0.3) is 11.8 Å². The number of carbonyl (C=O) groups is 3. The van der Waals surface area contributed by atoms with Crippen LogP contribution >= 0.6 is 31.9 Å². The summed E-state index contributed by atoms with van der Waals surface area (Å²) in [5.41, 5.74) is 6.42. The van der Waals surface area contributed by atoms with Gasteiger partial charge in [0.1, 0.15) is 0 Å². The molecule has 0 radical (unpaired) electrons. The monoisotopic (exact) mass is 516 g/mol. The number of rotatable bonds is 2. The van der Waals surface area contributed by atoms with Crippen LogP contribution in [0.4, 0.5) is 0 Å². The molecule has 0 aromatic heterocycles. The third kappa shape index (κ3) is 2.12. The first-order valence-corrected chi connectivity index (χ1v) is 11.1. The van der Waals surface area contributed by atoms with E-state index in [9.17, 15) is 14.4 Å². The van der Waals surface area contributed by atoms with Crippen LogP contribution in [-0.4, -0.2) is 22.7 Å². The Balaban J connectivity index is 1.77. The minimum atomic E-state index is -0.843. The van der Waals surface area contributed by atoms with Crippen molar-refractivity contribution in [2.75, 3.05) is 0 Å². The fourth-order valence-electron chi connectivity index (χ4n) is 5.02. The number of nitrogens with one attached hydrogen (secondary N) is 1. The molecule has 1 heterocycles. The van der Waals surface area contributed by atoms with Gasteiger partial charge >= 0.3 is 0 Å². The smallest absolute Gasteiger partial charge is 0.254 e. The molecule has 6 rings (SSSR count). The molecule has 3 amide bonds. The topological polar surface area (TPSA) is 66.5 Å². The second kappa shape index (κ2) is 6.01. The summed E-state index contributed by atoms with van der Waals surface area (Å²) in [6.07, 6.45) is 0. The predicted molar refractivity (Wildman–Crippen MR) is 114 cm³/mol. The molecule has 2 bridgehead atoms. The number of hydrogen-bond acceptors (Lipinski definition) is 3. The van der Waals surface area contributed by atoms with Gasteiger partial charge in [-0.2, -0.15) is 5.01 Å². The first-order chi connectivity index (χ1) is 13.7. The average Bonchev–Trinajstić information content (AvgIpc) is 2.97. The van der Waals surface area contributed by atoms with Gasteiger partial charge in [-0.25, -0.2) is 0 Å². The molecule has 0 saturated carbocycles. The van der Waals surface area contributed by atoms with Crippen LogP contribution in [0.5, 0.6) is 0 Å². The number of hydrazine groups is 1. The molecule has 1 aliphatic heterocycles. The fraction of sp³-hybridized carbons (Fsp3) is 0.318. The van der Waals surface area contributed by atoms with Gasteiger partial charge in [0.15, 0.2) is 0 Å². The van der Waals surface area contributed by atoms with Crippen LogP contribution in [0.3, 0.4) is 0 Å². The van der Waals surface area contributed by atoms with E-state index < -0.39 is 32.3 Å². The Labute approximate surface area is 185 Å². The molecule has 7 heteroatoms. The lowest BCUT2D eigenvalue weighted by Gasteiger charge is -2.55. The molecule has 148 valence electrons. The maximum Gasteiger partial charge on any atom is 0.254 e. The number of alkyl halides is 2. The van der Waals surface area contributed by atoms with Gasteiger partial charge in [-0.05, 0) is 22.3 Å². The van der Waals surface area contributed by atoms with Crippen molar-refractivity contribution in [3.63, 3.8) is 0 Å². The van der Waals surface area contributed by atoms with Gasteiger partial charge < -0.3 is 0 Å². The maximum absolute atomic E-state index is 13.5. The molecule has 2 aromatic rings. The van der Waals surface area contributed by atoms with Crippen molar-refractivity contribution in [3.05, 3.63) is 70.8 Å². The van der Waals surface area contributed by atoms with E-state index in [2.05, 4.69) is 37.3 Å². The van der Waals surface area contributed by atoms with E-state index in [4.69, 9.17) is 0 Å². The van der Waals surface area contributed by atoms with Crippen LogP contribution in [0.25, 0.3) is 0 Å². The zero-order valence-electron chi connectivity index (χ0n) is 15.8. The minimum absolute atomic E-state index is 0.347. The second-order valence-electron chi connectivity index (χ2n) is 8.11. The molecular formula is C22H18Br2N2O3. The minimum Gasteiger partial charge on any atom is -0.273 e. The molecule has 29 heavy (non-hydrogen) atoms. The summed E-state index contributed by atoms with van der Waals surface area (Å²) < 4.78 is -1.69. The van der Waals surface area contributed by atoms with E-state index in [0.717, 1.165) is 27.3 Å². The molecule has 3 aliphatic carbocycles. The summed E-state index contributed by atoms with van der Waals surface area (Å²) in [5, 5.41) is 0.932. The summed E-state index contributed by atoms with van der Waals surface area (Å²) in [6.45, 7) is 3.45. The third-order valence-electron chi connectivity index (χ3n) is 6.33. The second-order valence-corrected chi connectivity index (χ2v) is 10.6. The van der Waals surface area contributed by atoms with Crippen LogP contribution < -0.4 is 5.43 Å². The number of carbonyl (C=O) groups excluding carboxylic acids is 3. The predicted octanol–water partition coefficient (Wildman–Crippen LogP) is 3.58. The largest absolute Gasteiger partial charge is 0.273 e. The quantitative estimate of drug-likeness (QED) is 0.489. The zero-order chi connectivity index (χ0) is 20.7. The Bertz CT molecular complexity index is 975. The van der Waals surface area contributed by atoms with Crippen LogP contribution in [0.2, 0.25) is 0 Å². The van der Waals surface area contributed by atoms with E-state index in [1.165, 1.54) is 0 Å². The average molecular weight is 518 g/mol. The highest BCUT2D eigenvalue weighted by Crippen LogP contribution is 2.70. The molecule has 5 nitrogen and oxygen atoms in total. The van der Waals surface area contributed by atoms with Crippen molar-refractivity contribution in [2.45, 2.75) is 22.5 Å². The van der Waals surface area contributed by atoms with Crippen molar-refractivity contribution in [1.82, 2.24) is 10.4 Å². The lowest BCUT2D eigenvalue weighted by atomic mass is 9.54. The highest BCUT2D eigenvalue weighted by Gasteiger charge is 2.72. The van der Waals surface area contributed by atoms with Gasteiger partial charge in [-0.3, -0.25) is 19.8 Å². The molecule has 0 spiro atoms. The summed E-state index contributed by atoms with van der Waals surface area (Å²) in [7, 11) is 0. The van der Waals surface area contributed by atoms with Gasteiger partial charge in [0.2, 0.25) is 5.91 Å². The molecule has 1 saturated heterocycles. The van der Waals surface area contributed by atoms with Crippen molar-refractivity contribution in [2.24, 2.45) is 17.8 Å². The zero-order valence-corrected chi connectivity index (χ0v) is 19.0. The highest BCUT2D eigenvalue weighted by atomic mass is 79.9. The molecule has 2 atom stereocenters. The standard InChI is InChI=1S/C22H18Br2N2O3/c1-11(2)18(27)25-26-19(28)16-17(20(26)29)22(24)13-8-4-3-7-12(13)21(16,23)14-9-5-6-10-15(14)22/h3-11,16-17H,1-2H3,(H,25,27). The molecular weight excluding hydrogens is 500 g/mol. The van der Waals surface area contributed by atoms with E-state index in [1.807, 2.05) is 48.5 Å². The van der Waals surface area contributed by atoms with E-state index in [1.54, 1.807) is 13.8 Å². The van der Waals surface area contributed by atoms with E-state index in [0.29, 0.717) is 0 Å². The van der Waals surface area contributed by atoms with Crippen molar-refractivity contribution < 1.29 is 14.4 Å². The number of amides is 3. The third-order valence-corrected chi connectivity index (χ3v) is 9.03. The van der Waals surface area contributed by atoms with E-state index in [-0.39, 0.29) is 11.8 Å². The number of benzene rings is 2. The molecule has 2 aromatic carbocycles. The summed E-state index contributed by atoms with van der Waals surface area (Å²) in [4.78, 5) is 39.3. The maximum atomic E-state index is 13.5. The number of halogens is 2. The van der Waals surface area contributed by atoms with Crippen LogP contribution in [0.1, 0.15) is 36.1 Å². The van der Waals surface area contributed by atoms with Gasteiger partial charge in [0.05, 0.1) is 20.5 Å². The summed E-state index contributed by atoms with van der Waals surface area (Å²) >= 11 is 7.84. The van der Waals surface area contributed by atoms with Gasteiger partial charge in [-0.15, -0.1) is 0 Å². The van der Waals surface area contributed by atoms with Crippen LogP contribution in [0, 0.1) is 17.8 Å². The van der Waals surface area contributed by atoms with Crippen molar-refractivity contribution in [1.29, 1.82) is 0 Å². The lowest BCUT2D eigenvalue weighted by Crippen LogP contribution is -2.56. The molecule has 2 unspecified atom stereocenters. The van der Waals surface area contributed by atoms with Gasteiger partial charge in [0, 0.05) is 5.92 Å². The Morgan fingerprint density at radius 3 is 1.52 bits per heavy atom. The summed E-state index contributed by atoms with van der Waals surface area (Å²) in [6, 6.07) is 15.8. The van der Waals surface area contributed by atoms with E-state index >= 15 is 0 Å². The molecule has 1 N–H and O–H groups in total. The molecule has 4 aliphatic rings. The lowest BCUT2D eigenvalue weighted by molar-refractivity contribution is -0.150. The number of imide groups is 1. The highest BCUT2D eigenvalue weighted by molar-refractivity contribution is 9.10. The first kappa shape index (κ1) is 19.0. The fourth-order valence-corrected chi connectivity index (χ4v) is 7.32. The van der Waals surface area contributed by atoms with Crippen molar-refractivity contribution >= 4 is 49.6 Å². The van der Waals surface area contributed by atoms with Crippen molar-refractivity contribution in [3.8, 4) is 0 Å². The number of nitrogens with zero attached hydrogens (tertiary/aromatic N) is 1. The SMILES string of the molecule is CC(C)C(=O)NN1C(=O)C2C(C1=O)C1(Br)c3ccccc3C2(Br)c2ccccc21. The Kier molecular flexibility index (Phi) is 3.94. The normalized spacial score (nSPS) is 31.6. The molecule has 1 fully saturated rings. The van der Waals surface area contributed by atoms with Crippen LogP contribution in [-0.2, 0) is 23.0 Å². The van der Waals surface area contributed by atoms with Gasteiger partial charge in [-0.1, -0.05) is 94.2 Å². The summed E-state index contributed by atoms with van der Waals surface area (Å²) in [5.74, 6) is -2.84.